The number of urea groups is 1. The molecule has 0 saturated heterocycles. The molecule has 2 N–H and O–H groups in total. The number of aryl methyl sites for hydroxylation is 1. The predicted octanol–water partition coefficient (Wildman–Crippen LogP) is 4.48. The number of hydrogen-bond acceptors (Lipinski definition) is 1. The van der Waals surface area contributed by atoms with Crippen LogP contribution in [-0.4, -0.2) is 18.2 Å². The van der Waals surface area contributed by atoms with Gasteiger partial charge in [0.25, 0.3) is 0 Å². The molecule has 1 aromatic carbocycles. The summed E-state index contributed by atoms with van der Waals surface area (Å²) in [4.78, 5) is 12.1. The van der Waals surface area contributed by atoms with Crippen molar-refractivity contribution in [3.8, 4) is 0 Å². The lowest BCUT2D eigenvalue weighted by molar-refractivity contribution is -0.183. The highest BCUT2D eigenvalue weighted by Crippen LogP contribution is 2.37. The molecular weight excluding hydrogens is 305 g/mol. The van der Waals surface area contributed by atoms with E-state index in [1.54, 1.807) is 0 Å². The Balaban J connectivity index is 1.88. The van der Waals surface area contributed by atoms with Gasteiger partial charge in [-0.15, -0.1) is 0 Å². The summed E-state index contributed by atoms with van der Waals surface area (Å²) in [6.07, 6.45) is -2.97. The second kappa shape index (κ2) is 7.23. The fraction of sp³-hybridized carbons (Fsp3) is 0.588. The van der Waals surface area contributed by atoms with Crippen molar-refractivity contribution in [1.29, 1.82) is 0 Å². The van der Waals surface area contributed by atoms with Crippen molar-refractivity contribution >= 4 is 6.03 Å². The first-order valence-electron chi connectivity index (χ1n) is 7.96. The van der Waals surface area contributed by atoms with Crippen molar-refractivity contribution < 1.29 is 18.0 Å². The van der Waals surface area contributed by atoms with E-state index in [-0.39, 0.29) is 18.9 Å². The molecule has 23 heavy (non-hydrogen) atoms. The van der Waals surface area contributed by atoms with Crippen LogP contribution in [0.15, 0.2) is 24.3 Å². The van der Waals surface area contributed by atoms with Gasteiger partial charge in [-0.3, -0.25) is 0 Å². The van der Waals surface area contributed by atoms with Gasteiger partial charge >= 0.3 is 12.2 Å². The first kappa shape index (κ1) is 17.6. The van der Waals surface area contributed by atoms with Gasteiger partial charge in [0, 0.05) is 6.04 Å². The molecule has 2 amide bonds. The van der Waals surface area contributed by atoms with E-state index in [1.165, 1.54) is 0 Å². The van der Waals surface area contributed by atoms with Crippen molar-refractivity contribution in [2.75, 3.05) is 0 Å². The number of halogens is 3. The Bertz CT molecular complexity index is 545. The van der Waals surface area contributed by atoms with E-state index in [4.69, 9.17) is 0 Å². The van der Waals surface area contributed by atoms with Crippen LogP contribution in [0.25, 0.3) is 0 Å². The van der Waals surface area contributed by atoms with E-state index in [9.17, 15) is 18.0 Å². The first-order chi connectivity index (χ1) is 10.8. The van der Waals surface area contributed by atoms with Crippen LogP contribution in [0, 0.1) is 12.8 Å². The number of carbonyl (C=O) groups is 1. The molecule has 0 heterocycles. The lowest BCUT2D eigenvalue weighted by Gasteiger charge is -2.31. The first-order valence-corrected chi connectivity index (χ1v) is 7.96. The summed E-state index contributed by atoms with van der Waals surface area (Å²) in [5.41, 5.74) is 2.06. The molecule has 0 radical (unpaired) electrons. The summed E-state index contributed by atoms with van der Waals surface area (Å²) in [5, 5.41) is 5.50. The van der Waals surface area contributed by atoms with Crippen LogP contribution in [0.3, 0.4) is 0 Å². The lowest BCUT2D eigenvalue weighted by Crippen LogP contribution is -2.46. The van der Waals surface area contributed by atoms with Gasteiger partial charge in [0.05, 0.1) is 12.0 Å². The van der Waals surface area contributed by atoms with Gasteiger partial charge in [-0.2, -0.15) is 13.2 Å². The van der Waals surface area contributed by atoms with E-state index < -0.39 is 24.2 Å². The second-order valence-electron chi connectivity index (χ2n) is 6.30. The van der Waals surface area contributed by atoms with Crippen molar-refractivity contribution in [2.45, 2.75) is 57.8 Å². The maximum atomic E-state index is 12.8. The third-order valence-corrected chi connectivity index (χ3v) is 4.47. The molecule has 1 aliphatic carbocycles. The molecule has 3 atom stereocenters. The van der Waals surface area contributed by atoms with Crippen molar-refractivity contribution in [3.63, 3.8) is 0 Å². The van der Waals surface area contributed by atoms with Crippen LogP contribution in [0.2, 0.25) is 0 Å². The van der Waals surface area contributed by atoms with Gasteiger partial charge in [-0.1, -0.05) is 30.7 Å². The minimum Gasteiger partial charge on any atom is -0.335 e. The maximum absolute atomic E-state index is 12.8. The molecule has 1 aromatic rings. The Labute approximate surface area is 134 Å². The predicted molar refractivity (Wildman–Crippen MR) is 83.1 cm³/mol. The zero-order chi connectivity index (χ0) is 17.0. The molecule has 0 bridgehead atoms. The van der Waals surface area contributed by atoms with Gasteiger partial charge in [0.2, 0.25) is 0 Å². The van der Waals surface area contributed by atoms with E-state index in [0.717, 1.165) is 11.1 Å². The number of hydrogen-bond donors (Lipinski definition) is 2. The largest absolute Gasteiger partial charge is 0.391 e. The van der Waals surface area contributed by atoms with Crippen molar-refractivity contribution in [2.24, 2.45) is 5.92 Å². The molecule has 0 aromatic heterocycles. The number of carbonyl (C=O) groups excluding carboxylic acids is 1. The number of benzene rings is 1. The standard InChI is InChI=1S/C17H23F3N2O/c1-11-6-3-4-9-15(11)12(2)21-16(23)22-14-8-5-7-13(10-14)17(18,19)20/h3-4,6,9,12-14H,5,7-8,10H2,1-2H3,(H2,21,22,23)/t12-,13-,14+/m0/s1. The minimum absolute atomic E-state index is 0.0321. The highest BCUT2D eigenvalue weighted by atomic mass is 19.4. The fourth-order valence-corrected chi connectivity index (χ4v) is 3.19. The van der Waals surface area contributed by atoms with E-state index in [1.807, 2.05) is 38.1 Å². The topological polar surface area (TPSA) is 41.1 Å². The normalized spacial score (nSPS) is 23.2. The second-order valence-corrected chi connectivity index (χ2v) is 6.30. The van der Waals surface area contributed by atoms with E-state index >= 15 is 0 Å². The summed E-state index contributed by atoms with van der Waals surface area (Å²) in [7, 11) is 0. The van der Waals surface area contributed by atoms with Crippen LogP contribution >= 0.6 is 0 Å². The average molecular weight is 328 g/mol. The number of rotatable bonds is 3. The molecule has 1 aliphatic rings. The van der Waals surface area contributed by atoms with Crippen molar-refractivity contribution in [1.82, 2.24) is 10.6 Å². The van der Waals surface area contributed by atoms with E-state index in [2.05, 4.69) is 10.6 Å². The highest BCUT2D eigenvalue weighted by Gasteiger charge is 2.42. The van der Waals surface area contributed by atoms with Crippen LogP contribution in [-0.2, 0) is 0 Å². The Hall–Kier alpha value is -1.72. The Morgan fingerprint density at radius 2 is 1.96 bits per heavy atom. The maximum Gasteiger partial charge on any atom is 0.391 e. The summed E-state index contributed by atoms with van der Waals surface area (Å²) in [5.74, 6) is -1.31. The summed E-state index contributed by atoms with van der Waals surface area (Å²) < 4.78 is 38.4. The van der Waals surface area contributed by atoms with Crippen LogP contribution in [0.4, 0.5) is 18.0 Å². The Morgan fingerprint density at radius 3 is 2.61 bits per heavy atom. The third-order valence-electron chi connectivity index (χ3n) is 4.47. The molecular formula is C17H23F3N2O. The molecule has 1 saturated carbocycles. The smallest absolute Gasteiger partial charge is 0.335 e. The van der Waals surface area contributed by atoms with Gasteiger partial charge < -0.3 is 10.6 Å². The van der Waals surface area contributed by atoms with Crippen LogP contribution in [0.5, 0.6) is 0 Å². The zero-order valence-corrected chi connectivity index (χ0v) is 13.4. The van der Waals surface area contributed by atoms with Gasteiger partial charge in [-0.05, 0) is 44.2 Å². The van der Waals surface area contributed by atoms with Crippen LogP contribution < -0.4 is 10.6 Å². The molecule has 0 unspecified atom stereocenters. The Kier molecular flexibility index (Phi) is 5.55. The summed E-state index contributed by atoms with van der Waals surface area (Å²) >= 11 is 0. The lowest BCUT2D eigenvalue weighted by atomic mass is 9.85. The molecule has 2 rings (SSSR count). The quantitative estimate of drug-likeness (QED) is 0.844. The fourth-order valence-electron chi connectivity index (χ4n) is 3.19. The highest BCUT2D eigenvalue weighted by molar-refractivity contribution is 5.74. The summed E-state index contributed by atoms with van der Waals surface area (Å²) in [6.45, 7) is 3.82. The van der Waals surface area contributed by atoms with Gasteiger partial charge in [-0.25, -0.2) is 4.79 Å². The summed E-state index contributed by atoms with van der Waals surface area (Å²) in [6, 6.07) is 6.69. The third kappa shape index (κ3) is 4.88. The molecule has 0 spiro atoms. The van der Waals surface area contributed by atoms with Crippen LogP contribution in [0.1, 0.15) is 49.8 Å². The monoisotopic (exact) mass is 328 g/mol. The molecule has 3 nitrogen and oxygen atoms in total. The number of amides is 2. The van der Waals surface area contributed by atoms with Gasteiger partial charge in [0.1, 0.15) is 0 Å². The SMILES string of the molecule is Cc1ccccc1[C@H](C)NC(=O)N[C@@H]1CCC[C@H](C(F)(F)F)C1. The minimum atomic E-state index is -4.18. The zero-order valence-electron chi connectivity index (χ0n) is 13.4. The van der Waals surface area contributed by atoms with E-state index in [0.29, 0.717) is 12.8 Å². The number of alkyl halides is 3. The average Bonchev–Trinajstić information content (AvgIpc) is 2.46. The number of nitrogens with one attached hydrogen (secondary N) is 2. The molecule has 1 fully saturated rings. The molecule has 128 valence electrons. The Morgan fingerprint density at radius 1 is 1.26 bits per heavy atom. The molecule has 6 heteroatoms. The van der Waals surface area contributed by atoms with Gasteiger partial charge in [0.15, 0.2) is 0 Å². The van der Waals surface area contributed by atoms with Crippen molar-refractivity contribution in [3.05, 3.63) is 35.4 Å². The molecule has 0 aliphatic heterocycles.